The Kier molecular flexibility index (Phi) is 9.13. The zero-order valence-corrected chi connectivity index (χ0v) is 16.0. The molecule has 0 radical (unpaired) electrons. The molecule has 26 heavy (non-hydrogen) atoms. The molecule has 1 fully saturated rings. The molecule has 0 bridgehead atoms. The molecule has 1 atom stereocenters. The van der Waals surface area contributed by atoms with E-state index in [1.807, 2.05) is 30.3 Å². The minimum Gasteiger partial charge on any atom is -0.480 e. The molecule has 0 heterocycles. The van der Waals surface area contributed by atoms with Gasteiger partial charge < -0.3 is 20.9 Å². The van der Waals surface area contributed by atoms with Crippen LogP contribution in [0.15, 0.2) is 30.3 Å². The molecule has 0 saturated heterocycles. The highest BCUT2D eigenvalue weighted by Gasteiger charge is 2.33. The van der Waals surface area contributed by atoms with Gasteiger partial charge >= 0.3 is 12.1 Å². The van der Waals surface area contributed by atoms with Crippen molar-refractivity contribution in [2.75, 3.05) is 0 Å². The van der Waals surface area contributed by atoms with Crippen LogP contribution in [0.4, 0.5) is 4.79 Å². The minimum absolute atomic E-state index is 0.114. The number of nitrogens with two attached hydrogens (primary N) is 1. The number of carboxylic acid groups (broad SMARTS) is 1. The third-order valence-electron chi connectivity index (χ3n) is 4.24. The molecule has 6 nitrogen and oxygen atoms in total. The summed E-state index contributed by atoms with van der Waals surface area (Å²) in [5.41, 5.74) is 5.90. The van der Waals surface area contributed by atoms with Crippen molar-refractivity contribution < 1.29 is 19.4 Å². The van der Waals surface area contributed by atoms with E-state index in [-0.39, 0.29) is 6.61 Å². The van der Waals surface area contributed by atoms with Crippen LogP contribution < -0.4 is 11.1 Å². The van der Waals surface area contributed by atoms with Gasteiger partial charge in [-0.1, -0.05) is 70.4 Å². The van der Waals surface area contributed by atoms with Gasteiger partial charge in [0.1, 0.15) is 12.6 Å². The number of rotatable bonds is 4. The van der Waals surface area contributed by atoms with Crippen molar-refractivity contribution in [3.05, 3.63) is 35.9 Å². The van der Waals surface area contributed by atoms with Crippen LogP contribution in [0.5, 0.6) is 0 Å². The zero-order valence-electron chi connectivity index (χ0n) is 16.0. The highest BCUT2D eigenvalue weighted by Crippen LogP contribution is 2.19. The van der Waals surface area contributed by atoms with Crippen LogP contribution in [-0.2, 0) is 16.1 Å². The van der Waals surface area contributed by atoms with Crippen molar-refractivity contribution in [1.82, 2.24) is 5.32 Å². The fourth-order valence-corrected chi connectivity index (χ4v) is 2.67. The van der Waals surface area contributed by atoms with E-state index in [4.69, 9.17) is 15.6 Å². The monoisotopic (exact) mass is 364 g/mol. The lowest BCUT2D eigenvalue weighted by atomic mass is 9.87. The highest BCUT2D eigenvalue weighted by molar-refractivity contribution is 5.80. The Morgan fingerprint density at radius 1 is 1.19 bits per heavy atom. The molecule has 1 aliphatic carbocycles. The average Bonchev–Trinajstić information content (AvgIpc) is 2.59. The minimum atomic E-state index is -1.08. The van der Waals surface area contributed by atoms with E-state index in [2.05, 4.69) is 5.32 Å². The largest absolute Gasteiger partial charge is 0.480 e. The molecular formula is C20H32N2O4. The lowest BCUT2D eigenvalue weighted by molar-refractivity contribution is -0.142. The van der Waals surface area contributed by atoms with E-state index in [9.17, 15) is 9.59 Å². The summed E-state index contributed by atoms with van der Waals surface area (Å²) in [6.45, 7) is 5.33. The van der Waals surface area contributed by atoms with Crippen molar-refractivity contribution in [1.29, 1.82) is 0 Å². The van der Waals surface area contributed by atoms with Crippen LogP contribution in [0.1, 0.15) is 58.4 Å². The van der Waals surface area contributed by atoms with Crippen LogP contribution in [0.25, 0.3) is 0 Å². The average molecular weight is 364 g/mol. The molecule has 0 spiro atoms. The summed E-state index contributed by atoms with van der Waals surface area (Å²) in [6, 6.07) is 8.74. The summed E-state index contributed by atoms with van der Waals surface area (Å²) >= 11 is 0. The molecule has 4 N–H and O–H groups in total. The summed E-state index contributed by atoms with van der Waals surface area (Å²) in [5, 5.41) is 11.4. The Balaban J connectivity index is 0.000000401. The van der Waals surface area contributed by atoms with Gasteiger partial charge in [-0.15, -0.1) is 0 Å². The first-order valence-corrected chi connectivity index (χ1v) is 9.15. The number of carboxylic acids is 1. The van der Waals surface area contributed by atoms with Crippen molar-refractivity contribution in [3.63, 3.8) is 0 Å². The molecule has 6 heteroatoms. The predicted molar refractivity (Wildman–Crippen MR) is 102 cm³/mol. The van der Waals surface area contributed by atoms with Gasteiger partial charge in [0.2, 0.25) is 0 Å². The summed E-state index contributed by atoms with van der Waals surface area (Å²) in [7, 11) is 0. The second-order valence-electron chi connectivity index (χ2n) is 7.74. The fourth-order valence-electron chi connectivity index (χ4n) is 2.67. The fraction of sp³-hybridized carbons (Fsp3) is 0.600. The van der Waals surface area contributed by atoms with Crippen molar-refractivity contribution in [3.8, 4) is 0 Å². The number of hydrogen-bond donors (Lipinski definition) is 3. The van der Waals surface area contributed by atoms with Crippen LogP contribution in [0.3, 0.4) is 0 Å². The first-order chi connectivity index (χ1) is 12.2. The van der Waals surface area contributed by atoms with Crippen LogP contribution in [0.2, 0.25) is 0 Å². The molecular weight excluding hydrogens is 332 g/mol. The number of carbonyl (C=O) groups is 2. The quantitative estimate of drug-likeness (QED) is 0.756. The van der Waals surface area contributed by atoms with Gasteiger partial charge in [-0.05, 0) is 23.8 Å². The van der Waals surface area contributed by atoms with E-state index >= 15 is 0 Å². The second-order valence-corrected chi connectivity index (χ2v) is 7.74. The Morgan fingerprint density at radius 3 is 2.19 bits per heavy atom. The first kappa shape index (κ1) is 22.0. The maximum absolute atomic E-state index is 11.6. The number of hydrogen-bond acceptors (Lipinski definition) is 4. The molecule has 0 aliphatic heterocycles. The maximum atomic E-state index is 11.6. The van der Waals surface area contributed by atoms with Gasteiger partial charge in [0.25, 0.3) is 0 Å². The molecule has 146 valence electrons. The first-order valence-electron chi connectivity index (χ1n) is 9.15. The Morgan fingerprint density at radius 2 is 1.77 bits per heavy atom. The smallest absolute Gasteiger partial charge is 0.408 e. The van der Waals surface area contributed by atoms with Crippen molar-refractivity contribution >= 4 is 12.1 Å². The summed E-state index contributed by atoms with van der Waals surface area (Å²) in [6.07, 6.45) is 5.93. The third-order valence-corrected chi connectivity index (χ3v) is 4.24. The number of alkyl carbamates (subject to hydrolysis) is 1. The van der Waals surface area contributed by atoms with Crippen molar-refractivity contribution in [2.45, 2.75) is 71.6 Å². The molecule has 2 rings (SSSR count). The third kappa shape index (κ3) is 8.85. The Bertz CT molecular complexity index is 549. The van der Waals surface area contributed by atoms with Gasteiger partial charge in [0.15, 0.2) is 0 Å². The number of aliphatic carboxylic acids is 1. The lowest BCUT2D eigenvalue weighted by Gasteiger charge is -2.27. The van der Waals surface area contributed by atoms with Crippen LogP contribution in [-0.4, -0.2) is 29.3 Å². The van der Waals surface area contributed by atoms with Gasteiger partial charge in [-0.25, -0.2) is 9.59 Å². The van der Waals surface area contributed by atoms with Gasteiger partial charge in [-0.3, -0.25) is 0 Å². The molecule has 0 aromatic heterocycles. The van der Waals surface area contributed by atoms with Crippen LogP contribution in [0, 0.1) is 5.41 Å². The topological polar surface area (TPSA) is 102 Å². The normalized spacial score (nSPS) is 16.0. The molecule has 1 aromatic rings. The Hall–Kier alpha value is -2.08. The zero-order chi connectivity index (χ0) is 19.6. The molecule has 1 unspecified atom stereocenters. The van der Waals surface area contributed by atoms with E-state index < -0.39 is 23.5 Å². The van der Waals surface area contributed by atoms with Crippen molar-refractivity contribution in [2.24, 2.45) is 11.1 Å². The van der Waals surface area contributed by atoms with Gasteiger partial charge in [0, 0.05) is 6.04 Å². The second kappa shape index (κ2) is 10.8. The van der Waals surface area contributed by atoms with Crippen LogP contribution >= 0.6 is 0 Å². The number of ether oxygens (including phenoxy) is 1. The van der Waals surface area contributed by atoms with Gasteiger partial charge in [0.05, 0.1) is 0 Å². The predicted octanol–water partition coefficient (Wildman–Crippen LogP) is 3.69. The lowest BCUT2D eigenvalue weighted by Crippen LogP contribution is -2.49. The number of benzene rings is 1. The standard InChI is InChI=1S/C14H19NO4.C6H13N/c1-14(2,3)11(12(16)17)15-13(18)19-9-10-7-5-4-6-8-10;7-6-4-2-1-3-5-6/h4-8,11H,9H2,1-3H3,(H,15,18)(H,16,17);6H,1-5,7H2. The summed E-state index contributed by atoms with van der Waals surface area (Å²) < 4.78 is 4.99. The molecule has 1 aromatic carbocycles. The molecule has 1 aliphatic rings. The number of nitrogens with one attached hydrogen (secondary N) is 1. The maximum Gasteiger partial charge on any atom is 0.408 e. The number of amides is 1. The summed E-state index contributed by atoms with van der Waals surface area (Å²) in [4.78, 5) is 22.7. The molecule has 1 amide bonds. The highest BCUT2D eigenvalue weighted by atomic mass is 16.5. The van der Waals surface area contributed by atoms with E-state index in [0.29, 0.717) is 6.04 Å². The Labute approximate surface area is 156 Å². The molecule has 1 saturated carbocycles. The van der Waals surface area contributed by atoms with Gasteiger partial charge in [-0.2, -0.15) is 0 Å². The summed E-state index contributed by atoms with van der Waals surface area (Å²) in [5.74, 6) is -1.08. The van der Waals surface area contributed by atoms with E-state index in [1.165, 1.54) is 32.1 Å². The SMILES string of the molecule is CC(C)(C)C(NC(=O)OCc1ccccc1)C(=O)O.NC1CCCCC1. The van der Waals surface area contributed by atoms with E-state index in [1.54, 1.807) is 20.8 Å². The van der Waals surface area contributed by atoms with E-state index in [0.717, 1.165) is 5.56 Å². The number of carbonyl (C=O) groups excluding carboxylic acids is 1.